The van der Waals surface area contributed by atoms with Gasteiger partial charge < -0.3 is 25.2 Å². The van der Waals surface area contributed by atoms with Crippen molar-refractivity contribution in [3.05, 3.63) is 35.9 Å². The van der Waals surface area contributed by atoms with Gasteiger partial charge in [0.15, 0.2) is 0 Å². The summed E-state index contributed by atoms with van der Waals surface area (Å²) in [5, 5.41) is 24.7. The van der Waals surface area contributed by atoms with E-state index in [4.69, 9.17) is 4.74 Å². The van der Waals surface area contributed by atoms with Crippen LogP contribution in [0.2, 0.25) is 0 Å². The highest BCUT2D eigenvalue weighted by molar-refractivity contribution is 5.83. The number of rotatable bonds is 15. The SMILES string of the molecule is CCN(CC)C(=O)[C@H](Cc1ccccc1)O[C@@H](C)C(=O)N[C@@H](CC1CCCCC1)[C@@H](O)[C@@H](O)CC(C)C. The second-order valence-corrected chi connectivity index (χ2v) is 11.0. The number of nitrogens with zero attached hydrogens (tertiary/aromatic N) is 1. The van der Waals surface area contributed by atoms with Gasteiger partial charge in [-0.3, -0.25) is 9.59 Å². The minimum absolute atomic E-state index is 0.139. The standard InChI is InChI=1S/C30H50N2O5/c1-6-32(7-2)30(36)27(20-24-16-12-9-13-17-24)37-22(5)29(35)31-25(19-23-14-10-8-11-15-23)28(34)26(33)18-21(3)4/h9,12-13,16-17,21-23,25-28,33-34H,6-8,10-11,14-15,18-20H2,1-5H3,(H,31,35)/t22-,25-,26-,27-,28+/m0/s1. The second kappa shape index (κ2) is 16.1. The van der Waals surface area contributed by atoms with Gasteiger partial charge >= 0.3 is 0 Å². The van der Waals surface area contributed by atoms with Crippen molar-refractivity contribution < 1.29 is 24.5 Å². The summed E-state index contributed by atoms with van der Waals surface area (Å²) in [7, 11) is 0. The number of amides is 2. The first kappa shape index (κ1) is 31.3. The monoisotopic (exact) mass is 518 g/mol. The number of hydrogen-bond donors (Lipinski definition) is 3. The average molecular weight is 519 g/mol. The van der Waals surface area contributed by atoms with E-state index in [0.29, 0.717) is 38.3 Å². The van der Waals surface area contributed by atoms with Crippen LogP contribution >= 0.6 is 0 Å². The Hall–Kier alpha value is -1.96. The van der Waals surface area contributed by atoms with Crippen molar-refractivity contribution in [3.63, 3.8) is 0 Å². The van der Waals surface area contributed by atoms with Gasteiger partial charge in [0.25, 0.3) is 5.91 Å². The zero-order valence-electron chi connectivity index (χ0n) is 23.6. The molecule has 0 spiro atoms. The van der Waals surface area contributed by atoms with E-state index < -0.39 is 30.5 Å². The lowest BCUT2D eigenvalue weighted by molar-refractivity contribution is -0.152. The van der Waals surface area contributed by atoms with Gasteiger partial charge in [-0.1, -0.05) is 76.3 Å². The van der Waals surface area contributed by atoms with Gasteiger partial charge in [-0.15, -0.1) is 0 Å². The minimum Gasteiger partial charge on any atom is -0.390 e. The Balaban J connectivity index is 2.14. The molecule has 7 heteroatoms. The summed E-state index contributed by atoms with van der Waals surface area (Å²) in [5.74, 6) is 0.121. The molecule has 7 nitrogen and oxygen atoms in total. The van der Waals surface area contributed by atoms with Crippen molar-refractivity contribution in [1.82, 2.24) is 10.2 Å². The van der Waals surface area contributed by atoms with Crippen molar-refractivity contribution in [2.45, 2.75) is 116 Å². The molecular formula is C30H50N2O5. The maximum Gasteiger partial charge on any atom is 0.252 e. The largest absolute Gasteiger partial charge is 0.390 e. The number of ether oxygens (including phenoxy) is 1. The number of carbonyl (C=O) groups excluding carboxylic acids is 2. The lowest BCUT2D eigenvalue weighted by Gasteiger charge is -2.34. The van der Waals surface area contributed by atoms with Crippen LogP contribution in [0.1, 0.15) is 85.1 Å². The van der Waals surface area contributed by atoms with Crippen LogP contribution in [0.25, 0.3) is 0 Å². The molecule has 0 aliphatic heterocycles. The third kappa shape index (κ3) is 10.4. The van der Waals surface area contributed by atoms with Gasteiger partial charge in [0.05, 0.1) is 12.1 Å². The normalized spacial score (nSPS) is 18.6. The van der Waals surface area contributed by atoms with E-state index in [9.17, 15) is 19.8 Å². The molecule has 0 saturated heterocycles. The zero-order valence-corrected chi connectivity index (χ0v) is 23.6. The Bertz CT molecular complexity index is 792. The van der Waals surface area contributed by atoms with Gasteiger partial charge in [0, 0.05) is 19.5 Å². The maximum absolute atomic E-state index is 13.3. The van der Waals surface area contributed by atoms with E-state index in [1.54, 1.807) is 11.8 Å². The van der Waals surface area contributed by atoms with Crippen molar-refractivity contribution in [2.24, 2.45) is 11.8 Å². The summed E-state index contributed by atoms with van der Waals surface area (Å²) in [6, 6.07) is 9.09. The summed E-state index contributed by atoms with van der Waals surface area (Å²) in [6.45, 7) is 10.6. The van der Waals surface area contributed by atoms with Crippen LogP contribution in [0.5, 0.6) is 0 Å². The highest BCUT2D eigenvalue weighted by atomic mass is 16.5. The molecule has 0 heterocycles. The molecule has 5 atom stereocenters. The number of aliphatic hydroxyl groups excluding tert-OH is 2. The number of likely N-dealkylation sites (N-methyl/N-ethyl adjacent to an activating group) is 1. The van der Waals surface area contributed by atoms with E-state index in [1.807, 2.05) is 58.0 Å². The lowest BCUT2D eigenvalue weighted by atomic mass is 9.82. The zero-order chi connectivity index (χ0) is 27.4. The molecule has 1 fully saturated rings. The molecule has 3 N–H and O–H groups in total. The molecule has 37 heavy (non-hydrogen) atoms. The van der Waals surface area contributed by atoms with Gasteiger partial charge in [-0.05, 0) is 51.0 Å². The van der Waals surface area contributed by atoms with Crippen molar-refractivity contribution in [1.29, 1.82) is 0 Å². The molecule has 2 amide bonds. The predicted octanol–water partition coefficient (Wildman–Crippen LogP) is 4.09. The fourth-order valence-corrected chi connectivity index (χ4v) is 5.33. The van der Waals surface area contributed by atoms with Crippen LogP contribution in [0.4, 0.5) is 0 Å². The van der Waals surface area contributed by atoms with Crippen molar-refractivity contribution >= 4 is 11.8 Å². The number of hydrogen-bond acceptors (Lipinski definition) is 5. The van der Waals surface area contributed by atoms with Crippen LogP contribution in [-0.2, 0) is 20.7 Å². The van der Waals surface area contributed by atoms with E-state index in [1.165, 1.54) is 6.42 Å². The number of carbonyl (C=O) groups is 2. The Morgan fingerprint density at radius 3 is 2.22 bits per heavy atom. The van der Waals surface area contributed by atoms with Crippen LogP contribution < -0.4 is 5.32 Å². The van der Waals surface area contributed by atoms with Crippen molar-refractivity contribution in [2.75, 3.05) is 13.1 Å². The van der Waals surface area contributed by atoms with E-state index in [0.717, 1.165) is 31.2 Å². The van der Waals surface area contributed by atoms with Crippen molar-refractivity contribution in [3.8, 4) is 0 Å². The molecule has 0 aromatic heterocycles. The molecule has 0 bridgehead atoms. The molecule has 210 valence electrons. The van der Waals surface area contributed by atoms with Crippen LogP contribution in [0, 0.1) is 11.8 Å². The molecule has 1 aromatic rings. The van der Waals surface area contributed by atoms with Crippen LogP contribution in [-0.4, -0.2) is 70.5 Å². The Morgan fingerprint density at radius 2 is 1.65 bits per heavy atom. The summed E-state index contributed by atoms with van der Waals surface area (Å²) in [6.07, 6.45) is 3.48. The van der Waals surface area contributed by atoms with E-state index in [-0.39, 0.29) is 17.7 Å². The third-order valence-corrected chi connectivity index (χ3v) is 7.51. The molecule has 2 rings (SSSR count). The molecule has 0 unspecified atom stereocenters. The fourth-order valence-electron chi connectivity index (χ4n) is 5.33. The quantitative estimate of drug-likeness (QED) is 0.325. The topological polar surface area (TPSA) is 99.1 Å². The molecule has 1 aliphatic rings. The average Bonchev–Trinajstić information content (AvgIpc) is 2.88. The van der Waals surface area contributed by atoms with Gasteiger partial charge in [0.2, 0.25) is 5.91 Å². The Kier molecular flexibility index (Phi) is 13.6. The Morgan fingerprint density at radius 1 is 1.03 bits per heavy atom. The van der Waals surface area contributed by atoms with Gasteiger partial charge in [-0.25, -0.2) is 0 Å². The summed E-state index contributed by atoms with van der Waals surface area (Å²) >= 11 is 0. The predicted molar refractivity (Wildman–Crippen MR) is 147 cm³/mol. The molecule has 1 saturated carbocycles. The van der Waals surface area contributed by atoms with Gasteiger partial charge in [-0.2, -0.15) is 0 Å². The lowest BCUT2D eigenvalue weighted by Crippen LogP contribution is -2.53. The highest BCUT2D eigenvalue weighted by Crippen LogP contribution is 2.29. The number of nitrogens with one attached hydrogen (secondary N) is 1. The minimum atomic E-state index is -1.06. The van der Waals surface area contributed by atoms with E-state index >= 15 is 0 Å². The van der Waals surface area contributed by atoms with Gasteiger partial charge in [0.1, 0.15) is 18.3 Å². The molecule has 1 aromatic carbocycles. The molecule has 0 radical (unpaired) electrons. The fraction of sp³-hybridized carbons (Fsp3) is 0.733. The smallest absolute Gasteiger partial charge is 0.252 e. The van der Waals surface area contributed by atoms with Crippen LogP contribution in [0.15, 0.2) is 30.3 Å². The summed E-state index contributed by atoms with van der Waals surface area (Å²) in [4.78, 5) is 28.3. The Labute approximate surface area is 224 Å². The molecule has 1 aliphatic carbocycles. The third-order valence-electron chi connectivity index (χ3n) is 7.51. The van der Waals surface area contributed by atoms with Crippen LogP contribution in [0.3, 0.4) is 0 Å². The number of benzene rings is 1. The summed E-state index contributed by atoms with van der Waals surface area (Å²) in [5.41, 5.74) is 0.961. The first-order valence-electron chi connectivity index (χ1n) is 14.3. The first-order valence-corrected chi connectivity index (χ1v) is 14.3. The van der Waals surface area contributed by atoms with E-state index in [2.05, 4.69) is 5.32 Å². The second-order valence-electron chi connectivity index (χ2n) is 11.0. The first-order chi connectivity index (χ1) is 17.7. The highest BCUT2D eigenvalue weighted by Gasteiger charge is 2.34. The summed E-state index contributed by atoms with van der Waals surface area (Å²) < 4.78 is 6.11. The number of aliphatic hydroxyl groups is 2. The molecular weight excluding hydrogens is 468 g/mol. The maximum atomic E-state index is 13.3.